The lowest BCUT2D eigenvalue weighted by Gasteiger charge is -2.29. The number of hydrogen-bond donors (Lipinski definition) is 1. The van der Waals surface area contributed by atoms with Crippen LogP contribution in [0.3, 0.4) is 0 Å². The summed E-state index contributed by atoms with van der Waals surface area (Å²) in [5.41, 5.74) is 0. The largest absolute Gasteiger partial charge is 0.391 e. The number of likely N-dealkylation sites (N-methyl/N-ethyl adjacent to an activating group) is 1. The summed E-state index contributed by atoms with van der Waals surface area (Å²) in [6.07, 6.45) is 3.16. The maximum Gasteiger partial charge on any atom is 0.0695 e. The third-order valence-corrected chi connectivity index (χ3v) is 3.05. The van der Waals surface area contributed by atoms with Crippen molar-refractivity contribution in [3.8, 4) is 0 Å². The van der Waals surface area contributed by atoms with Crippen LogP contribution < -0.4 is 0 Å². The van der Waals surface area contributed by atoms with Crippen LogP contribution in [-0.4, -0.2) is 48.5 Å². The molecule has 14 heavy (non-hydrogen) atoms. The lowest BCUT2D eigenvalue weighted by molar-refractivity contribution is 0.0474. The van der Waals surface area contributed by atoms with Gasteiger partial charge in [-0.15, -0.1) is 0 Å². The highest BCUT2D eigenvalue weighted by Gasteiger charge is 2.29. The molecule has 1 aliphatic rings. The summed E-state index contributed by atoms with van der Waals surface area (Å²) in [7, 11) is 0. The van der Waals surface area contributed by atoms with Crippen molar-refractivity contribution in [2.75, 3.05) is 26.3 Å². The van der Waals surface area contributed by atoms with Crippen molar-refractivity contribution in [3.05, 3.63) is 0 Å². The van der Waals surface area contributed by atoms with Crippen LogP contribution in [0.2, 0.25) is 0 Å². The van der Waals surface area contributed by atoms with Crippen LogP contribution in [0.5, 0.6) is 0 Å². The lowest BCUT2D eigenvalue weighted by Crippen LogP contribution is -2.42. The molecule has 0 aromatic carbocycles. The van der Waals surface area contributed by atoms with Gasteiger partial charge in [-0.1, -0.05) is 6.92 Å². The third kappa shape index (κ3) is 3.23. The standard InChI is InChI=1S/C11H23NO2/c1-3-12(8-9-14-4-2)10-6-5-7-11(10)13/h10-11,13H,3-9H2,1-2H3. The van der Waals surface area contributed by atoms with E-state index in [2.05, 4.69) is 11.8 Å². The maximum absolute atomic E-state index is 9.76. The number of nitrogens with zero attached hydrogens (tertiary/aromatic N) is 1. The highest BCUT2D eigenvalue weighted by molar-refractivity contribution is 4.84. The maximum atomic E-state index is 9.76. The Labute approximate surface area is 87.1 Å². The summed E-state index contributed by atoms with van der Waals surface area (Å²) >= 11 is 0. The number of aliphatic hydroxyl groups is 1. The predicted octanol–water partition coefficient (Wildman–Crippen LogP) is 1.26. The fourth-order valence-electron chi connectivity index (χ4n) is 2.23. The van der Waals surface area contributed by atoms with Crippen LogP contribution in [0.1, 0.15) is 33.1 Å². The zero-order valence-electron chi connectivity index (χ0n) is 9.41. The van der Waals surface area contributed by atoms with Crippen LogP contribution >= 0.6 is 0 Å². The average molecular weight is 201 g/mol. The van der Waals surface area contributed by atoms with Crippen molar-refractivity contribution in [3.63, 3.8) is 0 Å². The molecule has 0 saturated heterocycles. The first-order valence-corrected chi connectivity index (χ1v) is 5.79. The van der Waals surface area contributed by atoms with Gasteiger partial charge in [-0.3, -0.25) is 4.90 Å². The van der Waals surface area contributed by atoms with E-state index in [1.165, 1.54) is 0 Å². The Hall–Kier alpha value is -0.120. The second kappa shape index (κ2) is 6.38. The monoisotopic (exact) mass is 201 g/mol. The summed E-state index contributed by atoms with van der Waals surface area (Å²) < 4.78 is 5.34. The van der Waals surface area contributed by atoms with Crippen molar-refractivity contribution in [2.45, 2.75) is 45.3 Å². The molecule has 84 valence electrons. The third-order valence-electron chi connectivity index (χ3n) is 3.05. The van der Waals surface area contributed by atoms with Gasteiger partial charge in [-0.25, -0.2) is 0 Å². The molecule has 1 N–H and O–H groups in total. The van der Waals surface area contributed by atoms with E-state index in [4.69, 9.17) is 4.74 Å². The Morgan fingerprint density at radius 1 is 1.36 bits per heavy atom. The summed E-state index contributed by atoms with van der Waals surface area (Å²) in [5.74, 6) is 0. The number of rotatable bonds is 6. The quantitative estimate of drug-likeness (QED) is 0.657. The van der Waals surface area contributed by atoms with E-state index < -0.39 is 0 Å². The van der Waals surface area contributed by atoms with Crippen molar-refractivity contribution in [1.82, 2.24) is 4.90 Å². The van der Waals surface area contributed by atoms with Crippen molar-refractivity contribution < 1.29 is 9.84 Å². The van der Waals surface area contributed by atoms with Crippen molar-refractivity contribution in [2.24, 2.45) is 0 Å². The van der Waals surface area contributed by atoms with Crippen molar-refractivity contribution >= 4 is 0 Å². The van der Waals surface area contributed by atoms with E-state index in [1.54, 1.807) is 0 Å². The van der Waals surface area contributed by atoms with E-state index in [-0.39, 0.29) is 6.10 Å². The molecular formula is C11H23NO2. The highest BCUT2D eigenvalue weighted by Crippen LogP contribution is 2.23. The summed E-state index contributed by atoms with van der Waals surface area (Å²) in [4.78, 5) is 2.34. The minimum absolute atomic E-state index is 0.114. The summed E-state index contributed by atoms with van der Waals surface area (Å²) in [6.45, 7) is 7.69. The molecule has 0 amide bonds. The molecule has 0 spiro atoms. The van der Waals surface area contributed by atoms with Gasteiger partial charge in [0.1, 0.15) is 0 Å². The number of ether oxygens (including phenoxy) is 1. The van der Waals surface area contributed by atoms with Crippen LogP contribution in [0, 0.1) is 0 Å². The number of aliphatic hydroxyl groups excluding tert-OH is 1. The predicted molar refractivity (Wildman–Crippen MR) is 57.4 cm³/mol. The molecule has 0 aliphatic heterocycles. The highest BCUT2D eigenvalue weighted by atomic mass is 16.5. The van der Waals surface area contributed by atoms with E-state index >= 15 is 0 Å². The molecule has 0 bridgehead atoms. The van der Waals surface area contributed by atoms with Crippen LogP contribution in [0.25, 0.3) is 0 Å². The van der Waals surface area contributed by atoms with Crippen LogP contribution in [0.4, 0.5) is 0 Å². The molecule has 3 nitrogen and oxygen atoms in total. The van der Waals surface area contributed by atoms with Gasteiger partial charge in [0.15, 0.2) is 0 Å². The second-order valence-corrected chi connectivity index (χ2v) is 3.89. The Morgan fingerprint density at radius 2 is 2.14 bits per heavy atom. The van der Waals surface area contributed by atoms with E-state index in [1.807, 2.05) is 6.92 Å². The molecule has 2 unspecified atom stereocenters. The van der Waals surface area contributed by atoms with Gasteiger partial charge >= 0.3 is 0 Å². The SMILES string of the molecule is CCOCCN(CC)C1CCCC1O. The first-order valence-electron chi connectivity index (χ1n) is 5.79. The normalized spacial score (nSPS) is 27.4. The fourth-order valence-corrected chi connectivity index (χ4v) is 2.23. The molecule has 1 aliphatic carbocycles. The Kier molecular flexibility index (Phi) is 5.45. The van der Waals surface area contributed by atoms with E-state index in [0.29, 0.717) is 6.04 Å². The van der Waals surface area contributed by atoms with Crippen molar-refractivity contribution in [1.29, 1.82) is 0 Å². The topological polar surface area (TPSA) is 32.7 Å². The Bertz CT molecular complexity index is 152. The van der Waals surface area contributed by atoms with Gasteiger partial charge in [0.25, 0.3) is 0 Å². The van der Waals surface area contributed by atoms with Gasteiger partial charge in [0.05, 0.1) is 12.7 Å². The van der Waals surface area contributed by atoms with E-state index in [9.17, 15) is 5.11 Å². The molecule has 1 saturated carbocycles. The van der Waals surface area contributed by atoms with E-state index in [0.717, 1.165) is 45.6 Å². The smallest absolute Gasteiger partial charge is 0.0695 e. The molecule has 0 aromatic heterocycles. The Morgan fingerprint density at radius 3 is 2.64 bits per heavy atom. The number of hydrogen-bond acceptors (Lipinski definition) is 3. The lowest BCUT2D eigenvalue weighted by atomic mass is 10.2. The molecule has 3 heteroatoms. The molecule has 0 radical (unpaired) electrons. The van der Waals surface area contributed by atoms with Crippen LogP contribution in [-0.2, 0) is 4.74 Å². The van der Waals surface area contributed by atoms with Gasteiger partial charge in [-0.05, 0) is 32.7 Å². The van der Waals surface area contributed by atoms with Crippen LogP contribution in [0.15, 0.2) is 0 Å². The van der Waals surface area contributed by atoms with Gasteiger partial charge in [0.2, 0.25) is 0 Å². The fraction of sp³-hybridized carbons (Fsp3) is 1.00. The zero-order valence-corrected chi connectivity index (χ0v) is 9.41. The Balaban J connectivity index is 2.29. The molecule has 1 rings (SSSR count). The molecular weight excluding hydrogens is 178 g/mol. The second-order valence-electron chi connectivity index (χ2n) is 3.89. The summed E-state index contributed by atoms with van der Waals surface area (Å²) in [5, 5.41) is 9.76. The molecule has 0 heterocycles. The minimum atomic E-state index is -0.114. The molecule has 0 aromatic rings. The first kappa shape index (κ1) is 12.0. The molecule has 2 atom stereocenters. The minimum Gasteiger partial charge on any atom is -0.391 e. The van der Waals surface area contributed by atoms with Gasteiger partial charge < -0.3 is 9.84 Å². The summed E-state index contributed by atoms with van der Waals surface area (Å²) in [6, 6.07) is 0.375. The zero-order chi connectivity index (χ0) is 10.4. The van der Waals surface area contributed by atoms with Gasteiger partial charge in [0, 0.05) is 19.2 Å². The average Bonchev–Trinajstić information content (AvgIpc) is 2.60. The first-order chi connectivity index (χ1) is 6.79. The molecule has 1 fully saturated rings. The van der Waals surface area contributed by atoms with Gasteiger partial charge in [-0.2, -0.15) is 0 Å².